The Morgan fingerprint density at radius 1 is 1.42 bits per heavy atom. The number of benzene rings is 1. The van der Waals surface area contributed by atoms with Crippen molar-refractivity contribution in [3.63, 3.8) is 0 Å². The largest absolute Gasteiger partial charge is 0.480 e. The highest BCUT2D eigenvalue weighted by atomic mass is 79.9. The first-order valence-corrected chi connectivity index (χ1v) is 9.34. The quantitative estimate of drug-likeness (QED) is 0.573. The molecule has 8 heteroatoms. The number of carboxylic acids is 1. The minimum absolute atomic E-state index is 0.195. The highest BCUT2D eigenvalue weighted by Gasteiger charge is 2.60. The zero-order valence-corrected chi connectivity index (χ0v) is 15.3. The highest BCUT2D eigenvalue weighted by molar-refractivity contribution is 9.10. The van der Waals surface area contributed by atoms with Crippen molar-refractivity contribution in [1.82, 2.24) is 10.2 Å². The lowest BCUT2D eigenvalue weighted by atomic mass is 9.94. The molecule has 2 fully saturated rings. The molecule has 2 aliphatic heterocycles. The molecule has 3 unspecified atom stereocenters. The number of rotatable bonds is 4. The molecule has 3 rings (SSSR count). The van der Waals surface area contributed by atoms with Crippen LogP contribution in [-0.2, 0) is 20.8 Å². The summed E-state index contributed by atoms with van der Waals surface area (Å²) < 4.78 is -0.686. The Hall–Kier alpha value is -1.54. The molecule has 2 amide bonds. The molecule has 4 atom stereocenters. The van der Waals surface area contributed by atoms with Gasteiger partial charge in [0.15, 0.2) is 0 Å². The van der Waals surface area contributed by atoms with Crippen LogP contribution in [0.4, 0.5) is 0 Å². The van der Waals surface area contributed by atoms with Gasteiger partial charge in [-0.05, 0) is 12.5 Å². The van der Waals surface area contributed by atoms with Gasteiger partial charge in [-0.3, -0.25) is 9.59 Å². The molecule has 128 valence electrons. The first-order chi connectivity index (χ1) is 11.3. The summed E-state index contributed by atoms with van der Waals surface area (Å²) >= 11 is 4.90. The van der Waals surface area contributed by atoms with Crippen LogP contribution >= 0.6 is 27.7 Å². The van der Waals surface area contributed by atoms with E-state index in [1.54, 1.807) is 6.92 Å². The van der Waals surface area contributed by atoms with Crippen LogP contribution in [0, 0.1) is 0 Å². The van der Waals surface area contributed by atoms with Crippen molar-refractivity contribution in [3.05, 3.63) is 35.9 Å². The number of hydrogen-bond acceptors (Lipinski definition) is 4. The number of aliphatic carboxylic acids is 1. The van der Waals surface area contributed by atoms with Crippen molar-refractivity contribution in [2.24, 2.45) is 0 Å². The minimum atomic E-state index is -1.04. The van der Waals surface area contributed by atoms with Gasteiger partial charge < -0.3 is 15.3 Å². The van der Waals surface area contributed by atoms with Crippen molar-refractivity contribution < 1.29 is 19.5 Å². The van der Waals surface area contributed by atoms with Crippen LogP contribution in [-0.4, -0.2) is 55.3 Å². The van der Waals surface area contributed by atoms with E-state index in [-0.39, 0.29) is 23.6 Å². The lowest BCUT2D eigenvalue weighted by Crippen LogP contribution is -2.78. The van der Waals surface area contributed by atoms with Gasteiger partial charge in [-0.15, -0.1) is 11.8 Å². The molecule has 1 aromatic rings. The Morgan fingerprint density at radius 2 is 2.08 bits per heavy atom. The molecule has 0 bridgehead atoms. The van der Waals surface area contributed by atoms with Gasteiger partial charge in [0, 0.05) is 5.75 Å². The molecular formula is C16H17BrN2O4S. The van der Waals surface area contributed by atoms with Gasteiger partial charge in [-0.25, -0.2) is 4.79 Å². The van der Waals surface area contributed by atoms with E-state index in [1.165, 1.54) is 16.7 Å². The number of hydrogen-bond donors (Lipinski definition) is 2. The van der Waals surface area contributed by atoms with Gasteiger partial charge in [0.25, 0.3) is 0 Å². The van der Waals surface area contributed by atoms with Crippen LogP contribution in [0.3, 0.4) is 0 Å². The Morgan fingerprint density at radius 3 is 2.71 bits per heavy atom. The molecule has 0 radical (unpaired) electrons. The molecule has 0 aliphatic carbocycles. The summed E-state index contributed by atoms with van der Waals surface area (Å²) in [6.45, 7) is 1.77. The highest BCUT2D eigenvalue weighted by Crippen LogP contribution is 2.45. The molecule has 0 aromatic heterocycles. The summed E-state index contributed by atoms with van der Waals surface area (Å²) in [5.74, 6) is -1.07. The SMILES string of the molecule is CC1(Br)CS[C@H]2C(NC(=O)Cc3ccccc3)C(=O)N2C1C(=O)O. The Kier molecular flexibility index (Phi) is 4.61. The number of thioether (sulfide) groups is 1. The van der Waals surface area contributed by atoms with Crippen LogP contribution < -0.4 is 5.32 Å². The first-order valence-electron chi connectivity index (χ1n) is 7.50. The standard InChI is InChI=1S/C16H17BrN2O4S/c1-16(17)8-24-14-11(13(21)19(14)12(16)15(22)23)18-10(20)7-9-5-3-2-4-6-9/h2-6,11-12,14H,7-8H2,1H3,(H,18,20)(H,22,23)/t11?,12?,14-,16?/m0/s1. The first kappa shape index (κ1) is 17.3. The number of nitrogens with one attached hydrogen (secondary N) is 1. The van der Waals surface area contributed by atoms with E-state index in [0.717, 1.165) is 5.56 Å². The minimum Gasteiger partial charge on any atom is -0.480 e. The van der Waals surface area contributed by atoms with E-state index in [1.807, 2.05) is 30.3 Å². The zero-order valence-electron chi connectivity index (χ0n) is 12.9. The van der Waals surface area contributed by atoms with Gasteiger partial charge >= 0.3 is 5.97 Å². The number of β-lactam (4-membered cyclic amide) rings is 1. The monoisotopic (exact) mass is 412 g/mol. The van der Waals surface area contributed by atoms with Gasteiger partial charge in [0.1, 0.15) is 17.5 Å². The summed E-state index contributed by atoms with van der Waals surface area (Å²) in [4.78, 5) is 37.5. The van der Waals surface area contributed by atoms with E-state index in [0.29, 0.717) is 5.75 Å². The predicted octanol–water partition coefficient (Wildman–Crippen LogP) is 1.24. The van der Waals surface area contributed by atoms with Crippen molar-refractivity contribution in [2.75, 3.05) is 5.75 Å². The normalized spacial score (nSPS) is 31.8. The van der Waals surface area contributed by atoms with E-state index in [9.17, 15) is 19.5 Å². The summed E-state index contributed by atoms with van der Waals surface area (Å²) in [6, 6.07) is 7.68. The fraction of sp³-hybridized carbons (Fsp3) is 0.438. The summed E-state index contributed by atoms with van der Waals surface area (Å²) in [6.07, 6.45) is 0.195. The van der Waals surface area contributed by atoms with E-state index in [4.69, 9.17) is 0 Å². The number of halogens is 1. The third-order valence-corrected chi connectivity index (χ3v) is 6.91. The number of carboxylic acid groups (broad SMARTS) is 1. The molecule has 6 nitrogen and oxygen atoms in total. The Balaban J connectivity index is 1.67. The van der Waals surface area contributed by atoms with Crippen molar-refractivity contribution >= 4 is 45.5 Å². The van der Waals surface area contributed by atoms with Crippen molar-refractivity contribution in [1.29, 1.82) is 0 Å². The molecule has 2 aliphatic rings. The second-order valence-electron chi connectivity index (χ2n) is 6.17. The van der Waals surface area contributed by atoms with Gasteiger partial charge in [0.05, 0.1) is 10.7 Å². The summed E-state index contributed by atoms with van der Waals surface area (Å²) in [5.41, 5.74) is 0.867. The van der Waals surface area contributed by atoms with Crippen molar-refractivity contribution in [3.8, 4) is 0 Å². The second kappa shape index (κ2) is 6.40. The predicted molar refractivity (Wildman–Crippen MR) is 93.9 cm³/mol. The number of carbonyl (C=O) groups is 3. The third-order valence-electron chi connectivity index (χ3n) is 4.22. The van der Waals surface area contributed by atoms with Gasteiger partial charge in [-0.2, -0.15) is 0 Å². The number of nitrogens with zero attached hydrogens (tertiary/aromatic N) is 1. The molecule has 0 spiro atoms. The molecule has 24 heavy (non-hydrogen) atoms. The third kappa shape index (κ3) is 3.04. The maximum atomic E-state index is 12.4. The number of fused-ring (bicyclic) bond motifs is 1. The lowest BCUT2D eigenvalue weighted by Gasteiger charge is -2.56. The molecule has 1 aromatic carbocycles. The van der Waals surface area contributed by atoms with Crippen molar-refractivity contribution in [2.45, 2.75) is 35.1 Å². The van der Waals surface area contributed by atoms with Crippen LogP contribution in [0.2, 0.25) is 0 Å². The number of carbonyl (C=O) groups excluding carboxylic acids is 2. The smallest absolute Gasteiger partial charge is 0.327 e. The molecule has 2 saturated heterocycles. The van der Waals surface area contributed by atoms with E-state index < -0.39 is 22.4 Å². The Labute approximate surface area is 152 Å². The fourth-order valence-corrected chi connectivity index (χ4v) is 5.30. The topological polar surface area (TPSA) is 86.7 Å². The lowest BCUT2D eigenvalue weighted by molar-refractivity contribution is -0.163. The number of amides is 2. The maximum Gasteiger partial charge on any atom is 0.327 e. The van der Waals surface area contributed by atoms with Crippen LogP contribution in [0.5, 0.6) is 0 Å². The average molecular weight is 413 g/mol. The molecular weight excluding hydrogens is 396 g/mol. The molecule has 2 heterocycles. The maximum absolute atomic E-state index is 12.4. The zero-order chi connectivity index (χ0) is 17.5. The van der Waals surface area contributed by atoms with Crippen LogP contribution in [0.15, 0.2) is 30.3 Å². The summed E-state index contributed by atoms with van der Waals surface area (Å²) in [7, 11) is 0. The van der Waals surface area contributed by atoms with Crippen LogP contribution in [0.25, 0.3) is 0 Å². The van der Waals surface area contributed by atoms with Gasteiger partial charge in [-0.1, -0.05) is 46.3 Å². The molecule has 0 saturated carbocycles. The summed E-state index contributed by atoms with van der Waals surface area (Å²) in [5, 5.41) is 11.9. The average Bonchev–Trinajstić information content (AvgIpc) is 2.52. The second-order valence-corrected chi connectivity index (χ2v) is 9.09. The van der Waals surface area contributed by atoms with E-state index in [2.05, 4.69) is 21.2 Å². The van der Waals surface area contributed by atoms with E-state index >= 15 is 0 Å². The van der Waals surface area contributed by atoms with Crippen LogP contribution in [0.1, 0.15) is 12.5 Å². The Bertz CT molecular complexity index is 682. The fourth-order valence-electron chi connectivity index (χ4n) is 3.07. The van der Waals surface area contributed by atoms with Gasteiger partial charge in [0.2, 0.25) is 11.8 Å². The molecule has 2 N–H and O–H groups in total. The number of alkyl halides is 1.